The highest BCUT2D eigenvalue weighted by molar-refractivity contribution is 5.81. The van der Waals surface area contributed by atoms with Gasteiger partial charge in [0.25, 0.3) is 5.92 Å². The maximum Gasteiger partial charge on any atom is 0.330 e. The molecular weight excluding hydrogens is 518 g/mol. The van der Waals surface area contributed by atoms with Crippen molar-refractivity contribution in [3.8, 4) is 0 Å². The van der Waals surface area contributed by atoms with E-state index in [-0.39, 0.29) is 49.1 Å². The number of hydrogen-bond acceptors (Lipinski definition) is 6. The molecule has 1 aliphatic heterocycles. The molecule has 2 aliphatic rings. The van der Waals surface area contributed by atoms with E-state index >= 15 is 0 Å². The summed E-state index contributed by atoms with van der Waals surface area (Å²) in [7, 11) is 0. The average Bonchev–Trinajstić information content (AvgIpc) is 3.20. The number of unbranched alkanes of at least 4 members (excludes halogenated alkanes) is 7. The third kappa shape index (κ3) is 13.3. The van der Waals surface area contributed by atoms with Gasteiger partial charge in [0.15, 0.2) is 6.29 Å². The molecule has 2 N–H and O–H groups in total. The van der Waals surface area contributed by atoms with Crippen molar-refractivity contribution in [1.82, 2.24) is 0 Å². The monoisotopic (exact) mass is 574 g/mol. The first-order valence-corrected chi connectivity index (χ1v) is 16.0. The van der Waals surface area contributed by atoms with E-state index in [1.54, 1.807) is 0 Å². The van der Waals surface area contributed by atoms with Gasteiger partial charge in [-0.15, -0.1) is 0 Å². The molecule has 0 spiro atoms. The molecule has 6 atom stereocenters. The highest BCUT2D eigenvalue weighted by Crippen LogP contribution is 2.43. The molecule has 40 heavy (non-hydrogen) atoms. The molecule has 1 saturated carbocycles. The third-order valence-corrected chi connectivity index (χ3v) is 8.35. The van der Waals surface area contributed by atoms with Gasteiger partial charge in [0.2, 0.25) is 0 Å². The van der Waals surface area contributed by atoms with Gasteiger partial charge in [0, 0.05) is 25.5 Å². The number of allylic oxidation sites excluding steroid dienone is 1. The Morgan fingerprint density at radius 1 is 1.05 bits per heavy atom. The van der Waals surface area contributed by atoms with Crippen molar-refractivity contribution in [3.63, 3.8) is 0 Å². The molecule has 1 heterocycles. The lowest BCUT2D eigenvalue weighted by Gasteiger charge is -2.31. The second kappa shape index (κ2) is 19.2. The predicted octanol–water partition coefficient (Wildman–Crippen LogP) is 7.49. The van der Waals surface area contributed by atoms with Crippen LogP contribution in [0.25, 0.3) is 0 Å². The van der Waals surface area contributed by atoms with Crippen molar-refractivity contribution in [1.29, 1.82) is 0 Å². The number of hydrogen-bond donors (Lipinski definition) is 2. The van der Waals surface area contributed by atoms with E-state index in [4.69, 9.17) is 14.2 Å². The van der Waals surface area contributed by atoms with E-state index in [1.165, 1.54) is 6.08 Å². The van der Waals surface area contributed by atoms with Crippen LogP contribution in [0.5, 0.6) is 0 Å². The van der Waals surface area contributed by atoms with E-state index in [2.05, 4.69) is 0 Å². The number of aliphatic hydroxyl groups is 2. The Hall–Kier alpha value is -1.09. The molecule has 5 unspecified atom stereocenters. The lowest BCUT2D eigenvalue weighted by atomic mass is 9.84. The Balaban J connectivity index is 1.85. The van der Waals surface area contributed by atoms with Crippen molar-refractivity contribution >= 4 is 5.97 Å². The van der Waals surface area contributed by atoms with Crippen LogP contribution in [-0.4, -0.2) is 59.4 Å². The second-order valence-corrected chi connectivity index (χ2v) is 12.1. The summed E-state index contributed by atoms with van der Waals surface area (Å²) in [5, 5.41) is 21.4. The lowest BCUT2D eigenvalue weighted by molar-refractivity contribution is -0.197. The number of carbonyl (C=O) groups excluding carboxylic acids is 1. The molecular formula is C32H56F2O6. The van der Waals surface area contributed by atoms with Crippen molar-refractivity contribution in [2.45, 2.75) is 167 Å². The van der Waals surface area contributed by atoms with E-state index in [1.807, 2.05) is 26.8 Å². The van der Waals surface area contributed by atoms with E-state index in [9.17, 15) is 23.8 Å². The number of carbonyl (C=O) groups is 1. The summed E-state index contributed by atoms with van der Waals surface area (Å²) in [6, 6.07) is 0. The molecule has 0 aromatic heterocycles. The van der Waals surface area contributed by atoms with Crippen LogP contribution in [0.2, 0.25) is 0 Å². The largest absolute Gasteiger partial charge is 0.460 e. The Morgan fingerprint density at radius 3 is 2.50 bits per heavy atom. The van der Waals surface area contributed by atoms with Gasteiger partial charge in [0.1, 0.15) is 6.10 Å². The fraction of sp³-hybridized carbons (Fsp3) is 0.906. The molecule has 0 aromatic carbocycles. The van der Waals surface area contributed by atoms with Gasteiger partial charge in [0.05, 0.1) is 18.3 Å². The van der Waals surface area contributed by atoms with Gasteiger partial charge >= 0.3 is 5.97 Å². The van der Waals surface area contributed by atoms with Crippen LogP contribution in [0.4, 0.5) is 8.78 Å². The molecule has 2 rings (SSSR count). The number of alkyl halides is 2. The minimum absolute atomic E-state index is 0.00558. The average molecular weight is 575 g/mol. The first kappa shape index (κ1) is 35.1. The maximum atomic E-state index is 14.7. The molecule has 0 aromatic rings. The van der Waals surface area contributed by atoms with E-state index in [0.717, 1.165) is 77.0 Å². The number of ether oxygens (including phenoxy) is 3. The fourth-order valence-corrected chi connectivity index (χ4v) is 6.09. The molecule has 6 nitrogen and oxygen atoms in total. The van der Waals surface area contributed by atoms with Gasteiger partial charge in [-0.2, -0.15) is 0 Å². The molecule has 0 bridgehead atoms. The second-order valence-electron chi connectivity index (χ2n) is 12.1. The molecule has 1 aliphatic carbocycles. The van der Waals surface area contributed by atoms with Crippen LogP contribution in [-0.2, 0) is 19.0 Å². The fourth-order valence-electron chi connectivity index (χ4n) is 6.09. The Labute approximate surface area is 241 Å². The molecule has 0 amide bonds. The summed E-state index contributed by atoms with van der Waals surface area (Å²) >= 11 is 0. The normalized spacial score (nSPS) is 26.6. The summed E-state index contributed by atoms with van der Waals surface area (Å²) in [5.74, 6) is -3.53. The van der Waals surface area contributed by atoms with Gasteiger partial charge < -0.3 is 24.4 Å². The van der Waals surface area contributed by atoms with Crippen LogP contribution < -0.4 is 0 Å². The van der Waals surface area contributed by atoms with Crippen LogP contribution in [0.3, 0.4) is 0 Å². The zero-order valence-electron chi connectivity index (χ0n) is 25.2. The molecule has 234 valence electrons. The molecule has 1 saturated heterocycles. The van der Waals surface area contributed by atoms with Crippen LogP contribution in [0, 0.1) is 11.8 Å². The summed E-state index contributed by atoms with van der Waals surface area (Å²) in [6.07, 6.45) is 12.5. The van der Waals surface area contributed by atoms with Gasteiger partial charge in [-0.05, 0) is 83.5 Å². The number of aliphatic hydroxyl groups excluding tert-OH is 2. The number of esters is 1. The van der Waals surface area contributed by atoms with Gasteiger partial charge in [-0.3, -0.25) is 0 Å². The molecule has 0 radical (unpaired) electrons. The topological polar surface area (TPSA) is 85.2 Å². The van der Waals surface area contributed by atoms with E-state index < -0.39 is 18.1 Å². The van der Waals surface area contributed by atoms with Crippen LogP contribution in [0.15, 0.2) is 12.2 Å². The lowest BCUT2D eigenvalue weighted by Crippen LogP contribution is -2.36. The van der Waals surface area contributed by atoms with Gasteiger partial charge in [-0.1, -0.05) is 51.5 Å². The van der Waals surface area contributed by atoms with Crippen LogP contribution in [0.1, 0.15) is 130 Å². The van der Waals surface area contributed by atoms with E-state index in [0.29, 0.717) is 25.9 Å². The van der Waals surface area contributed by atoms with Gasteiger partial charge in [-0.25, -0.2) is 13.6 Å². The SMILES string of the molecule is CCCCCCC(F)(F)C(O)CC[C@H]1C(OC2CCCCO2)CC(O)C1CCCCCC/C=C/C(=O)OC(C)C. The zero-order valence-corrected chi connectivity index (χ0v) is 25.2. The minimum Gasteiger partial charge on any atom is -0.460 e. The van der Waals surface area contributed by atoms with Crippen LogP contribution >= 0.6 is 0 Å². The van der Waals surface area contributed by atoms with Crippen molar-refractivity contribution < 1.29 is 38.0 Å². The first-order chi connectivity index (χ1) is 19.1. The van der Waals surface area contributed by atoms with Crippen molar-refractivity contribution in [3.05, 3.63) is 12.2 Å². The summed E-state index contributed by atoms with van der Waals surface area (Å²) in [5.41, 5.74) is 0. The third-order valence-electron chi connectivity index (χ3n) is 8.35. The first-order valence-electron chi connectivity index (χ1n) is 16.0. The smallest absolute Gasteiger partial charge is 0.330 e. The number of rotatable bonds is 20. The Bertz CT molecular complexity index is 710. The van der Waals surface area contributed by atoms with Crippen molar-refractivity contribution in [2.24, 2.45) is 11.8 Å². The number of halogens is 2. The highest BCUT2D eigenvalue weighted by Gasteiger charge is 2.45. The summed E-state index contributed by atoms with van der Waals surface area (Å²) < 4.78 is 46.5. The minimum atomic E-state index is -3.09. The summed E-state index contributed by atoms with van der Waals surface area (Å²) in [4.78, 5) is 11.6. The standard InChI is InChI=1S/C32H56F2O6/c1-4-5-6-14-21-32(33,34)29(36)20-19-26-25(27(35)23-28(26)40-31-18-13-15-22-38-31)16-11-9-7-8-10-12-17-30(37)39-24(2)3/h12,17,24-29,31,35-36H,4-11,13-16,18-23H2,1-3H3/b17-12+/t25?,26-,27?,28?,29?,31?/m1/s1. The molecule has 8 heteroatoms. The highest BCUT2D eigenvalue weighted by atomic mass is 19.3. The van der Waals surface area contributed by atoms with Crippen molar-refractivity contribution in [2.75, 3.05) is 6.61 Å². The quantitative estimate of drug-likeness (QED) is 0.0890. The molecule has 2 fully saturated rings. The maximum absolute atomic E-state index is 14.7. The predicted molar refractivity (Wildman–Crippen MR) is 153 cm³/mol. The summed E-state index contributed by atoms with van der Waals surface area (Å²) in [6.45, 7) is 6.35. The Kier molecular flexibility index (Phi) is 16.8. The Morgan fingerprint density at radius 2 is 1.80 bits per heavy atom. The zero-order chi connectivity index (χ0) is 29.4.